The lowest BCUT2D eigenvalue weighted by Crippen LogP contribution is -2.52. The van der Waals surface area contributed by atoms with Gasteiger partial charge in [0.2, 0.25) is 5.91 Å². The van der Waals surface area contributed by atoms with Gasteiger partial charge in [-0.05, 0) is 50.4 Å². The van der Waals surface area contributed by atoms with E-state index in [1.54, 1.807) is 18.5 Å². The average Bonchev–Trinajstić information content (AvgIpc) is 2.87. The molecule has 186 valence electrons. The first kappa shape index (κ1) is 29.2. The first-order valence-electron chi connectivity index (χ1n) is 12.0. The molecule has 0 saturated heterocycles. The number of rotatable bonds is 11. The van der Waals surface area contributed by atoms with Crippen LogP contribution in [0, 0.1) is 11.3 Å². The van der Waals surface area contributed by atoms with Gasteiger partial charge in [-0.3, -0.25) is 15.2 Å². The first-order chi connectivity index (χ1) is 16.6. The van der Waals surface area contributed by atoms with Crippen LogP contribution in [0.1, 0.15) is 58.1 Å². The Morgan fingerprint density at radius 3 is 2.68 bits per heavy atom. The molecule has 5 N–H and O–H groups in total. The fourth-order valence-corrected chi connectivity index (χ4v) is 3.20. The number of hydrogen-bond donors (Lipinski definition) is 5. The second kappa shape index (κ2) is 18.6. The molecule has 0 fully saturated rings. The van der Waals surface area contributed by atoms with Crippen molar-refractivity contribution >= 4 is 5.91 Å². The topological polar surface area (TPSA) is 122 Å². The Kier molecular flexibility index (Phi) is 16.0. The molecule has 0 aromatic carbocycles. The molecule has 8 heteroatoms. The molecular weight excluding hydrogens is 428 g/mol. The van der Waals surface area contributed by atoms with Gasteiger partial charge in [0.25, 0.3) is 0 Å². The maximum Gasteiger partial charge on any atom is 0.242 e. The van der Waals surface area contributed by atoms with Crippen molar-refractivity contribution < 1.29 is 9.90 Å². The van der Waals surface area contributed by atoms with E-state index in [4.69, 9.17) is 10.4 Å². The zero-order valence-electron chi connectivity index (χ0n) is 20.6. The van der Waals surface area contributed by atoms with Gasteiger partial charge in [-0.15, -0.1) is 0 Å². The van der Waals surface area contributed by atoms with Crippen molar-refractivity contribution in [1.29, 1.82) is 5.26 Å². The Morgan fingerprint density at radius 1 is 1.24 bits per heavy atom. The molecule has 1 amide bonds. The number of aliphatic hydroxyl groups excluding tert-OH is 1. The largest absolute Gasteiger partial charge is 0.396 e. The van der Waals surface area contributed by atoms with Gasteiger partial charge in [0.1, 0.15) is 6.04 Å². The molecule has 2 rings (SSSR count). The number of aliphatic hydroxyl groups is 1. The summed E-state index contributed by atoms with van der Waals surface area (Å²) < 4.78 is 0. The van der Waals surface area contributed by atoms with Crippen molar-refractivity contribution in [1.82, 2.24) is 26.5 Å². The third kappa shape index (κ3) is 11.9. The molecule has 34 heavy (non-hydrogen) atoms. The van der Waals surface area contributed by atoms with E-state index in [0.29, 0.717) is 12.8 Å². The molecule has 0 radical (unpaired) electrons. The van der Waals surface area contributed by atoms with Gasteiger partial charge in [-0.25, -0.2) is 5.43 Å². The molecule has 3 unspecified atom stereocenters. The van der Waals surface area contributed by atoms with E-state index in [1.807, 2.05) is 50.3 Å². The van der Waals surface area contributed by atoms with Gasteiger partial charge < -0.3 is 15.7 Å². The summed E-state index contributed by atoms with van der Waals surface area (Å²) >= 11 is 0. The SMILES string of the molecule is CCC(C#N)c1ccccn1.CCNC\C1=C/C=C\C=C/NC(=O)C(NNC(CC)CCO)C1. The highest BCUT2D eigenvalue weighted by molar-refractivity contribution is 5.83. The van der Waals surface area contributed by atoms with Crippen molar-refractivity contribution in [2.24, 2.45) is 0 Å². The monoisotopic (exact) mass is 468 g/mol. The smallest absolute Gasteiger partial charge is 0.242 e. The molecule has 0 saturated carbocycles. The van der Waals surface area contributed by atoms with Crippen LogP contribution in [0.4, 0.5) is 0 Å². The maximum absolute atomic E-state index is 12.3. The summed E-state index contributed by atoms with van der Waals surface area (Å²) in [6.07, 6.45) is 14.1. The Bertz CT molecular complexity index is 816. The number of allylic oxidation sites excluding steroid dienone is 4. The van der Waals surface area contributed by atoms with E-state index < -0.39 is 0 Å². The van der Waals surface area contributed by atoms with E-state index >= 15 is 0 Å². The molecule has 2 heterocycles. The normalized spacial score (nSPS) is 20.9. The van der Waals surface area contributed by atoms with Crippen LogP contribution >= 0.6 is 0 Å². The summed E-state index contributed by atoms with van der Waals surface area (Å²) in [7, 11) is 0. The minimum absolute atomic E-state index is 0.0452. The van der Waals surface area contributed by atoms with Crippen LogP contribution in [-0.4, -0.2) is 47.8 Å². The Labute approximate surface area is 204 Å². The van der Waals surface area contributed by atoms with Crippen LogP contribution in [-0.2, 0) is 4.79 Å². The lowest BCUT2D eigenvalue weighted by atomic mass is 10.0. The number of pyridine rings is 1. The van der Waals surface area contributed by atoms with E-state index in [0.717, 1.165) is 37.2 Å². The number of aromatic nitrogens is 1. The number of carbonyl (C=O) groups excluding carboxylic acids is 1. The first-order valence-corrected chi connectivity index (χ1v) is 12.0. The number of nitrogens with zero attached hydrogens (tertiary/aromatic N) is 2. The van der Waals surface area contributed by atoms with Crippen LogP contribution in [0.25, 0.3) is 0 Å². The van der Waals surface area contributed by atoms with E-state index in [-0.39, 0.29) is 30.5 Å². The highest BCUT2D eigenvalue weighted by atomic mass is 16.3. The highest BCUT2D eigenvalue weighted by Gasteiger charge is 2.20. The zero-order chi connectivity index (χ0) is 25.0. The fraction of sp³-hybridized carbons (Fsp3) is 0.500. The standard InChI is InChI=1S/C17H30N4O2.C9H10N2/c1-3-15(9-11-22)20-21-16-12-14(13-18-4-2)8-6-5-7-10-19-17(16)23;1-2-8(7-10)9-5-3-4-6-11-9/h5-8,10,15-16,18,20-22H,3-4,9,11-13H2,1-2H3,(H,19,23);3-6,8H,2H2,1H3/b6-5-,10-7-,14-8-;. The summed E-state index contributed by atoms with van der Waals surface area (Å²) in [5.74, 6) is -0.124. The molecular formula is C26H40N6O2. The number of nitriles is 1. The van der Waals surface area contributed by atoms with Crippen molar-refractivity contribution in [3.05, 3.63) is 66.2 Å². The van der Waals surface area contributed by atoms with E-state index in [9.17, 15) is 4.79 Å². The number of hydrazine groups is 1. The molecule has 3 atom stereocenters. The number of amides is 1. The van der Waals surface area contributed by atoms with Crippen LogP contribution in [0.3, 0.4) is 0 Å². The zero-order valence-corrected chi connectivity index (χ0v) is 20.6. The Balaban J connectivity index is 0.000000437. The molecule has 0 aliphatic carbocycles. The molecule has 8 nitrogen and oxygen atoms in total. The van der Waals surface area contributed by atoms with Crippen molar-refractivity contribution in [3.63, 3.8) is 0 Å². The predicted molar refractivity (Wildman–Crippen MR) is 136 cm³/mol. The number of likely N-dealkylation sites (N-methyl/N-ethyl adjacent to an activating group) is 1. The van der Waals surface area contributed by atoms with E-state index in [1.165, 1.54) is 0 Å². The predicted octanol–water partition coefficient (Wildman–Crippen LogP) is 2.83. The summed E-state index contributed by atoms with van der Waals surface area (Å²) in [5, 5.41) is 23.8. The minimum Gasteiger partial charge on any atom is -0.396 e. The van der Waals surface area contributed by atoms with Crippen molar-refractivity contribution in [2.45, 2.75) is 64.5 Å². The second-order valence-corrected chi connectivity index (χ2v) is 7.87. The van der Waals surface area contributed by atoms with Crippen molar-refractivity contribution in [2.75, 3.05) is 19.7 Å². The van der Waals surface area contributed by atoms with E-state index in [2.05, 4.69) is 39.5 Å². The van der Waals surface area contributed by atoms with Gasteiger partial charge >= 0.3 is 0 Å². The lowest BCUT2D eigenvalue weighted by Gasteiger charge is -2.24. The third-order valence-corrected chi connectivity index (χ3v) is 5.30. The maximum atomic E-state index is 12.3. The summed E-state index contributed by atoms with van der Waals surface area (Å²) in [4.78, 5) is 16.4. The minimum atomic E-state index is -0.371. The highest BCUT2D eigenvalue weighted by Crippen LogP contribution is 2.14. The molecule has 1 aliphatic rings. The summed E-state index contributed by atoms with van der Waals surface area (Å²) in [5.41, 5.74) is 8.33. The Hall–Kier alpha value is -2.83. The molecule has 1 aromatic rings. The molecule has 0 bridgehead atoms. The van der Waals surface area contributed by atoms with Crippen LogP contribution in [0.15, 0.2) is 60.5 Å². The van der Waals surface area contributed by atoms with Gasteiger partial charge in [0.15, 0.2) is 0 Å². The van der Waals surface area contributed by atoms with Crippen LogP contribution in [0.5, 0.6) is 0 Å². The number of nitrogens with one attached hydrogen (secondary N) is 4. The lowest BCUT2D eigenvalue weighted by molar-refractivity contribution is -0.122. The molecule has 1 aliphatic heterocycles. The van der Waals surface area contributed by atoms with Crippen LogP contribution < -0.4 is 21.5 Å². The number of hydrogen-bond acceptors (Lipinski definition) is 7. The van der Waals surface area contributed by atoms with Gasteiger partial charge in [-0.2, -0.15) is 5.26 Å². The number of carbonyl (C=O) groups is 1. The molecule has 0 spiro atoms. The molecule has 1 aromatic heterocycles. The summed E-state index contributed by atoms with van der Waals surface area (Å²) in [6, 6.07) is 7.62. The van der Waals surface area contributed by atoms with Gasteiger partial charge in [0.05, 0.1) is 17.7 Å². The summed E-state index contributed by atoms with van der Waals surface area (Å²) in [6.45, 7) is 7.87. The van der Waals surface area contributed by atoms with Crippen molar-refractivity contribution in [3.8, 4) is 6.07 Å². The van der Waals surface area contributed by atoms with Gasteiger partial charge in [0, 0.05) is 31.6 Å². The Morgan fingerprint density at radius 2 is 2.06 bits per heavy atom. The average molecular weight is 469 g/mol. The van der Waals surface area contributed by atoms with Crippen LogP contribution in [0.2, 0.25) is 0 Å². The second-order valence-electron chi connectivity index (χ2n) is 7.87. The quantitative estimate of drug-likeness (QED) is 0.317. The fourth-order valence-electron chi connectivity index (χ4n) is 3.20. The third-order valence-electron chi connectivity index (χ3n) is 5.30. The van der Waals surface area contributed by atoms with Gasteiger partial charge in [-0.1, -0.05) is 50.6 Å².